The van der Waals surface area contributed by atoms with Gasteiger partial charge in [0.2, 0.25) is 0 Å². The molecule has 0 radical (unpaired) electrons. The summed E-state index contributed by atoms with van der Waals surface area (Å²) in [7, 11) is 0. The van der Waals surface area contributed by atoms with Crippen LogP contribution in [0.1, 0.15) is 15.9 Å². The molecule has 33 heavy (non-hydrogen) atoms. The molecule has 0 unspecified atom stereocenters. The summed E-state index contributed by atoms with van der Waals surface area (Å²) in [6, 6.07) is 19.3. The van der Waals surface area contributed by atoms with E-state index in [0.29, 0.717) is 37.9 Å². The third kappa shape index (κ3) is 5.36. The van der Waals surface area contributed by atoms with Crippen molar-refractivity contribution in [3.8, 4) is 11.3 Å². The molecule has 0 bridgehead atoms. The second-order valence-electron chi connectivity index (χ2n) is 7.28. The number of halogens is 3. The Morgan fingerprint density at radius 3 is 2.58 bits per heavy atom. The van der Waals surface area contributed by atoms with Crippen molar-refractivity contribution >= 4 is 67.6 Å². The first kappa shape index (κ1) is 23.2. The molecule has 5 nitrogen and oxygen atoms in total. The van der Waals surface area contributed by atoms with E-state index in [9.17, 15) is 9.59 Å². The van der Waals surface area contributed by atoms with E-state index in [1.807, 2.05) is 25.1 Å². The van der Waals surface area contributed by atoms with Crippen LogP contribution >= 0.6 is 39.1 Å². The smallest absolute Gasteiger partial charge is 0.339 e. The molecule has 1 amide bonds. The third-order valence-corrected chi connectivity index (χ3v) is 5.98. The van der Waals surface area contributed by atoms with Gasteiger partial charge in [-0.05, 0) is 61.0 Å². The van der Waals surface area contributed by atoms with E-state index in [1.54, 1.807) is 48.5 Å². The van der Waals surface area contributed by atoms with Gasteiger partial charge in [0.15, 0.2) is 6.61 Å². The van der Waals surface area contributed by atoms with Crippen LogP contribution in [0.3, 0.4) is 0 Å². The summed E-state index contributed by atoms with van der Waals surface area (Å²) in [5.41, 5.74) is 3.54. The fourth-order valence-corrected chi connectivity index (χ4v) is 4.32. The zero-order valence-electron chi connectivity index (χ0n) is 17.4. The molecule has 1 aromatic heterocycles. The Morgan fingerprint density at radius 2 is 1.82 bits per heavy atom. The number of nitrogens with zero attached hydrogens (tertiary/aromatic N) is 1. The molecule has 4 rings (SSSR count). The van der Waals surface area contributed by atoms with E-state index in [2.05, 4.69) is 26.2 Å². The second-order valence-corrected chi connectivity index (χ2v) is 9.04. The van der Waals surface area contributed by atoms with E-state index in [0.717, 1.165) is 10.0 Å². The van der Waals surface area contributed by atoms with Crippen LogP contribution in [0.4, 0.5) is 5.69 Å². The van der Waals surface area contributed by atoms with Gasteiger partial charge in [0.05, 0.1) is 21.8 Å². The molecular weight excluding hydrogens is 527 g/mol. The minimum atomic E-state index is -0.636. The molecule has 0 atom stereocenters. The highest BCUT2D eigenvalue weighted by Crippen LogP contribution is 2.32. The summed E-state index contributed by atoms with van der Waals surface area (Å²) >= 11 is 15.7. The SMILES string of the molecule is Cc1cc(Br)ccc1NC(=O)COC(=O)c1cc(-c2ccc(Cl)cc2Cl)nc2ccccc12. The summed E-state index contributed by atoms with van der Waals surface area (Å²) in [4.78, 5) is 30.0. The lowest BCUT2D eigenvalue weighted by molar-refractivity contribution is -0.119. The molecule has 0 aliphatic carbocycles. The number of anilines is 1. The summed E-state index contributed by atoms with van der Waals surface area (Å²) in [5, 5.41) is 4.27. The average molecular weight is 544 g/mol. The second kappa shape index (κ2) is 9.91. The lowest BCUT2D eigenvalue weighted by atomic mass is 10.0. The van der Waals surface area contributed by atoms with Gasteiger partial charge in [-0.25, -0.2) is 9.78 Å². The molecule has 1 heterocycles. The Kier molecular flexibility index (Phi) is 6.98. The van der Waals surface area contributed by atoms with Crippen LogP contribution in [-0.2, 0) is 9.53 Å². The lowest BCUT2D eigenvalue weighted by Crippen LogP contribution is -2.21. The molecule has 1 N–H and O–H groups in total. The average Bonchev–Trinajstić information content (AvgIpc) is 2.78. The predicted molar refractivity (Wildman–Crippen MR) is 135 cm³/mol. The first-order valence-electron chi connectivity index (χ1n) is 9.90. The number of carbonyl (C=O) groups is 2. The number of hydrogen-bond donors (Lipinski definition) is 1. The van der Waals surface area contributed by atoms with Gasteiger partial charge in [-0.1, -0.05) is 57.3 Å². The fourth-order valence-electron chi connectivity index (χ4n) is 3.34. The zero-order valence-corrected chi connectivity index (χ0v) is 20.5. The maximum Gasteiger partial charge on any atom is 0.339 e. The maximum absolute atomic E-state index is 13.0. The van der Waals surface area contributed by atoms with Crippen molar-refractivity contribution in [2.45, 2.75) is 6.92 Å². The molecule has 0 saturated carbocycles. The molecular formula is C25H17BrCl2N2O3. The first-order valence-corrected chi connectivity index (χ1v) is 11.4. The van der Waals surface area contributed by atoms with Crippen molar-refractivity contribution in [1.82, 2.24) is 4.98 Å². The van der Waals surface area contributed by atoms with Gasteiger partial charge in [0.25, 0.3) is 5.91 Å². The molecule has 0 aliphatic rings. The van der Waals surface area contributed by atoms with Gasteiger partial charge in [-0.15, -0.1) is 0 Å². The van der Waals surface area contributed by atoms with Gasteiger partial charge in [0, 0.05) is 26.1 Å². The number of hydrogen-bond acceptors (Lipinski definition) is 4. The standard InChI is InChI=1S/C25H17BrCl2N2O3/c1-14-10-15(26)6-9-21(14)30-24(31)13-33-25(32)19-12-23(18-8-7-16(27)11-20(18)28)29-22-5-3-2-4-17(19)22/h2-12H,13H2,1H3,(H,30,31). The normalized spacial score (nSPS) is 10.8. The number of esters is 1. The number of fused-ring (bicyclic) bond motifs is 1. The molecule has 4 aromatic rings. The Hall–Kier alpha value is -2.93. The van der Waals surface area contributed by atoms with Crippen LogP contribution in [0.15, 0.2) is 71.2 Å². The highest BCUT2D eigenvalue weighted by atomic mass is 79.9. The molecule has 0 saturated heterocycles. The monoisotopic (exact) mass is 542 g/mol. The van der Waals surface area contributed by atoms with E-state index in [-0.39, 0.29) is 5.56 Å². The molecule has 166 valence electrons. The zero-order chi connectivity index (χ0) is 23.5. The number of amides is 1. The fraction of sp³-hybridized carbons (Fsp3) is 0.0800. The summed E-state index contributed by atoms with van der Waals surface area (Å²) in [6.07, 6.45) is 0. The van der Waals surface area contributed by atoms with Crippen molar-refractivity contribution in [3.05, 3.63) is 92.4 Å². The van der Waals surface area contributed by atoms with Crippen LogP contribution in [0.2, 0.25) is 10.0 Å². The Bertz CT molecular complexity index is 1390. The minimum Gasteiger partial charge on any atom is -0.452 e. The number of carbonyl (C=O) groups excluding carboxylic acids is 2. The van der Waals surface area contributed by atoms with E-state index in [1.165, 1.54) is 0 Å². The van der Waals surface area contributed by atoms with Gasteiger partial charge >= 0.3 is 5.97 Å². The van der Waals surface area contributed by atoms with Gasteiger partial charge in [-0.3, -0.25) is 4.79 Å². The van der Waals surface area contributed by atoms with Crippen LogP contribution in [-0.4, -0.2) is 23.5 Å². The van der Waals surface area contributed by atoms with Crippen LogP contribution in [0, 0.1) is 6.92 Å². The Labute approximate surface area is 208 Å². The van der Waals surface area contributed by atoms with Crippen molar-refractivity contribution < 1.29 is 14.3 Å². The highest BCUT2D eigenvalue weighted by Gasteiger charge is 2.18. The molecule has 8 heteroatoms. The van der Waals surface area contributed by atoms with Crippen LogP contribution in [0.5, 0.6) is 0 Å². The molecule has 3 aromatic carbocycles. The number of benzene rings is 3. The topological polar surface area (TPSA) is 68.3 Å². The summed E-state index contributed by atoms with van der Waals surface area (Å²) in [5.74, 6) is -1.07. The van der Waals surface area contributed by atoms with E-state index in [4.69, 9.17) is 27.9 Å². The van der Waals surface area contributed by atoms with E-state index >= 15 is 0 Å². The van der Waals surface area contributed by atoms with Gasteiger partial charge in [0.1, 0.15) is 0 Å². The number of pyridine rings is 1. The number of para-hydroxylation sites is 1. The number of aryl methyl sites for hydroxylation is 1. The molecule has 0 spiro atoms. The maximum atomic E-state index is 13.0. The minimum absolute atomic E-state index is 0.286. The van der Waals surface area contributed by atoms with E-state index < -0.39 is 18.5 Å². The van der Waals surface area contributed by atoms with Crippen LogP contribution < -0.4 is 5.32 Å². The molecule has 0 aliphatic heterocycles. The molecule has 0 fully saturated rings. The lowest BCUT2D eigenvalue weighted by Gasteiger charge is -2.12. The van der Waals surface area contributed by atoms with Gasteiger partial charge in [-0.2, -0.15) is 0 Å². The van der Waals surface area contributed by atoms with Crippen molar-refractivity contribution in [3.63, 3.8) is 0 Å². The summed E-state index contributed by atoms with van der Waals surface area (Å²) in [6.45, 7) is 1.45. The third-order valence-electron chi connectivity index (χ3n) is 4.94. The van der Waals surface area contributed by atoms with Crippen LogP contribution in [0.25, 0.3) is 22.2 Å². The number of rotatable bonds is 5. The first-order chi connectivity index (χ1) is 15.8. The van der Waals surface area contributed by atoms with Gasteiger partial charge < -0.3 is 10.1 Å². The summed E-state index contributed by atoms with van der Waals surface area (Å²) < 4.78 is 6.24. The number of nitrogens with one attached hydrogen (secondary N) is 1. The Morgan fingerprint density at radius 1 is 1.03 bits per heavy atom. The quantitative estimate of drug-likeness (QED) is 0.273. The largest absolute Gasteiger partial charge is 0.452 e. The number of ether oxygens (including phenoxy) is 1. The van der Waals surface area contributed by atoms with Crippen molar-refractivity contribution in [2.75, 3.05) is 11.9 Å². The van der Waals surface area contributed by atoms with Crippen molar-refractivity contribution in [2.24, 2.45) is 0 Å². The predicted octanol–water partition coefficient (Wildman–Crippen LogP) is 7.08. The highest BCUT2D eigenvalue weighted by molar-refractivity contribution is 9.10. The Balaban J connectivity index is 1.59. The van der Waals surface area contributed by atoms with Crippen molar-refractivity contribution in [1.29, 1.82) is 0 Å². The number of aromatic nitrogens is 1.